The molecule has 0 aliphatic rings. The van der Waals surface area contributed by atoms with Crippen molar-refractivity contribution >= 4 is 44.8 Å². The first-order valence-corrected chi connectivity index (χ1v) is 7.04. The van der Waals surface area contributed by atoms with E-state index in [0.29, 0.717) is 9.90 Å². The maximum Gasteiger partial charge on any atom is 0.263 e. The van der Waals surface area contributed by atoms with Crippen LogP contribution in [0.4, 0.5) is 0 Å². The van der Waals surface area contributed by atoms with Gasteiger partial charge < -0.3 is 5.32 Å². The minimum atomic E-state index is -0.0773. The zero-order valence-electron chi connectivity index (χ0n) is 8.64. The van der Waals surface area contributed by atoms with Gasteiger partial charge in [-0.1, -0.05) is 27.5 Å². The summed E-state index contributed by atoms with van der Waals surface area (Å²) in [7, 11) is 0. The molecular weight excluding hydrogens is 298 g/mol. The minimum Gasteiger partial charge on any atom is -0.349 e. The summed E-state index contributed by atoms with van der Waals surface area (Å²) in [5.74, 6) is -0.0773. The summed E-state index contributed by atoms with van der Waals surface area (Å²) in [6, 6.07) is 0.162. The summed E-state index contributed by atoms with van der Waals surface area (Å²) < 4.78 is 0. The summed E-state index contributed by atoms with van der Waals surface area (Å²) in [4.78, 5) is 12.4. The van der Waals surface area contributed by atoms with Gasteiger partial charge in [0, 0.05) is 11.4 Å². The average molecular weight is 311 g/mol. The first-order chi connectivity index (χ1) is 7.06. The summed E-state index contributed by atoms with van der Waals surface area (Å²) in [6.07, 6.45) is 0.910. The topological polar surface area (TPSA) is 29.1 Å². The number of thiophene rings is 1. The predicted molar refractivity (Wildman–Crippen MR) is 69.4 cm³/mol. The normalized spacial score (nSPS) is 12.5. The lowest BCUT2D eigenvalue weighted by Gasteiger charge is -2.11. The van der Waals surface area contributed by atoms with Crippen LogP contribution >= 0.6 is 38.9 Å². The van der Waals surface area contributed by atoms with Crippen LogP contribution in [-0.2, 0) is 0 Å². The van der Waals surface area contributed by atoms with Gasteiger partial charge in [0.05, 0.1) is 5.02 Å². The van der Waals surface area contributed by atoms with E-state index < -0.39 is 0 Å². The molecule has 1 aromatic heterocycles. The van der Waals surface area contributed by atoms with Crippen molar-refractivity contribution in [2.24, 2.45) is 0 Å². The number of rotatable bonds is 4. The molecule has 0 aliphatic heterocycles. The van der Waals surface area contributed by atoms with E-state index in [1.165, 1.54) is 11.3 Å². The molecule has 0 saturated heterocycles. The third-order valence-corrected chi connectivity index (χ3v) is 4.18. The van der Waals surface area contributed by atoms with Crippen LogP contribution < -0.4 is 5.32 Å². The molecule has 1 atom stereocenters. The number of hydrogen-bond acceptors (Lipinski definition) is 2. The molecule has 1 heterocycles. The summed E-state index contributed by atoms with van der Waals surface area (Å²) in [6.45, 7) is 3.88. The molecule has 0 aromatic carbocycles. The summed E-state index contributed by atoms with van der Waals surface area (Å²) in [5.41, 5.74) is 0.958. The van der Waals surface area contributed by atoms with Crippen molar-refractivity contribution in [3.05, 3.63) is 20.8 Å². The molecule has 2 nitrogen and oxygen atoms in total. The van der Waals surface area contributed by atoms with Crippen molar-refractivity contribution in [3.8, 4) is 0 Å². The maximum absolute atomic E-state index is 11.8. The van der Waals surface area contributed by atoms with Gasteiger partial charge in [-0.2, -0.15) is 0 Å². The Labute approximate surface area is 107 Å². The first-order valence-electron chi connectivity index (χ1n) is 4.66. The van der Waals surface area contributed by atoms with Crippen LogP contribution in [0.3, 0.4) is 0 Å². The molecule has 0 fully saturated rings. The molecule has 1 amide bonds. The van der Waals surface area contributed by atoms with Gasteiger partial charge in [0.15, 0.2) is 0 Å². The van der Waals surface area contributed by atoms with Crippen LogP contribution in [-0.4, -0.2) is 17.3 Å². The van der Waals surface area contributed by atoms with E-state index in [4.69, 9.17) is 11.6 Å². The Balaban J connectivity index is 2.65. The fourth-order valence-corrected chi connectivity index (χ4v) is 2.98. The SMILES string of the molecule is Cc1csc(C(=O)NC(C)CCBr)c1Cl. The number of hydrogen-bond donors (Lipinski definition) is 1. The van der Waals surface area contributed by atoms with E-state index in [9.17, 15) is 4.79 Å². The zero-order chi connectivity index (χ0) is 11.4. The van der Waals surface area contributed by atoms with Gasteiger partial charge in [-0.15, -0.1) is 11.3 Å². The molecule has 0 bridgehead atoms. The molecule has 1 N–H and O–H groups in total. The lowest BCUT2D eigenvalue weighted by atomic mass is 10.2. The van der Waals surface area contributed by atoms with E-state index in [-0.39, 0.29) is 11.9 Å². The van der Waals surface area contributed by atoms with Gasteiger partial charge >= 0.3 is 0 Å². The molecule has 1 rings (SSSR count). The second-order valence-electron chi connectivity index (χ2n) is 3.41. The van der Waals surface area contributed by atoms with Gasteiger partial charge in [-0.3, -0.25) is 4.79 Å². The smallest absolute Gasteiger partial charge is 0.263 e. The Morgan fingerprint density at radius 1 is 1.73 bits per heavy atom. The summed E-state index contributed by atoms with van der Waals surface area (Å²) in [5, 5.41) is 6.26. The second-order valence-corrected chi connectivity index (χ2v) is 5.46. The van der Waals surface area contributed by atoms with E-state index in [1.807, 2.05) is 19.2 Å². The van der Waals surface area contributed by atoms with E-state index in [1.54, 1.807) is 0 Å². The number of carbonyl (C=O) groups is 1. The minimum absolute atomic E-state index is 0.0773. The van der Waals surface area contributed by atoms with Crippen molar-refractivity contribution in [3.63, 3.8) is 0 Å². The van der Waals surface area contributed by atoms with E-state index in [2.05, 4.69) is 21.2 Å². The fourth-order valence-electron chi connectivity index (χ4n) is 1.11. The highest BCUT2D eigenvalue weighted by atomic mass is 79.9. The largest absolute Gasteiger partial charge is 0.349 e. The highest BCUT2D eigenvalue weighted by Crippen LogP contribution is 2.26. The van der Waals surface area contributed by atoms with Gasteiger partial charge in [0.25, 0.3) is 5.91 Å². The Morgan fingerprint density at radius 2 is 2.40 bits per heavy atom. The van der Waals surface area contributed by atoms with Crippen LogP contribution in [0, 0.1) is 6.92 Å². The zero-order valence-corrected chi connectivity index (χ0v) is 11.8. The third-order valence-electron chi connectivity index (χ3n) is 2.02. The van der Waals surface area contributed by atoms with Crippen molar-refractivity contribution in [1.29, 1.82) is 0 Å². The van der Waals surface area contributed by atoms with Crippen molar-refractivity contribution in [2.45, 2.75) is 26.3 Å². The van der Waals surface area contributed by atoms with Crippen LogP contribution in [0.1, 0.15) is 28.6 Å². The Hall–Kier alpha value is -0.0600. The van der Waals surface area contributed by atoms with Gasteiger partial charge in [0.1, 0.15) is 4.88 Å². The molecule has 0 radical (unpaired) electrons. The number of nitrogens with one attached hydrogen (secondary N) is 1. The molecule has 84 valence electrons. The van der Waals surface area contributed by atoms with Crippen LogP contribution in [0.2, 0.25) is 5.02 Å². The van der Waals surface area contributed by atoms with Crippen molar-refractivity contribution in [2.75, 3.05) is 5.33 Å². The van der Waals surface area contributed by atoms with E-state index in [0.717, 1.165) is 17.3 Å². The second kappa shape index (κ2) is 5.87. The van der Waals surface area contributed by atoms with Gasteiger partial charge in [-0.05, 0) is 31.2 Å². The van der Waals surface area contributed by atoms with Crippen LogP contribution in [0.5, 0.6) is 0 Å². The lowest BCUT2D eigenvalue weighted by molar-refractivity contribution is 0.0944. The van der Waals surface area contributed by atoms with Gasteiger partial charge in [0.2, 0.25) is 0 Å². The Bertz CT molecular complexity index is 353. The molecule has 0 aliphatic carbocycles. The molecule has 1 unspecified atom stereocenters. The molecule has 0 saturated carbocycles. The molecule has 0 spiro atoms. The number of carbonyl (C=O) groups excluding carboxylic acids is 1. The van der Waals surface area contributed by atoms with Crippen LogP contribution in [0.25, 0.3) is 0 Å². The highest BCUT2D eigenvalue weighted by Gasteiger charge is 2.15. The number of halogens is 2. The predicted octanol–water partition coefficient (Wildman–Crippen LogP) is 3.61. The maximum atomic E-state index is 11.8. The average Bonchev–Trinajstić information content (AvgIpc) is 2.48. The standard InChI is InChI=1S/C10H13BrClNOS/c1-6-5-15-9(8(6)12)10(14)13-7(2)3-4-11/h5,7H,3-4H2,1-2H3,(H,13,14). The van der Waals surface area contributed by atoms with Crippen molar-refractivity contribution < 1.29 is 4.79 Å². The quantitative estimate of drug-likeness (QED) is 0.846. The number of alkyl halides is 1. The molecular formula is C10H13BrClNOS. The molecule has 15 heavy (non-hydrogen) atoms. The first kappa shape index (κ1) is 13.0. The molecule has 1 aromatic rings. The lowest BCUT2D eigenvalue weighted by Crippen LogP contribution is -2.32. The highest BCUT2D eigenvalue weighted by molar-refractivity contribution is 9.09. The number of aryl methyl sites for hydroxylation is 1. The van der Waals surface area contributed by atoms with Crippen LogP contribution in [0.15, 0.2) is 5.38 Å². The summed E-state index contributed by atoms with van der Waals surface area (Å²) >= 11 is 10.7. The third kappa shape index (κ3) is 3.47. The Kier molecular flexibility index (Phi) is 5.09. The fraction of sp³-hybridized carbons (Fsp3) is 0.500. The molecule has 5 heteroatoms. The Morgan fingerprint density at radius 3 is 2.87 bits per heavy atom. The van der Waals surface area contributed by atoms with Gasteiger partial charge in [-0.25, -0.2) is 0 Å². The van der Waals surface area contributed by atoms with E-state index >= 15 is 0 Å². The monoisotopic (exact) mass is 309 g/mol. The number of amides is 1. The van der Waals surface area contributed by atoms with Crippen molar-refractivity contribution in [1.82, 2.24) is 5.32 Å².